The quantitative estimate of drug-likeness (QED) is 0.234. The third-order valence-electron chi connectivity index (χ3n) is 5.78. The highest BCUT2D eigenvalue weighted by molar-refractivity contribution is 7.78. The fourth-order valence-corrected chi connectivity index (χ4v) is 7.14. The summed E-state index contributed by atoms with van der Waals surface area (Å²) in [6.07, 6.45) is -0.150. The molecule has 0 saturated heterocycles. The fourth-order valence-electron chi connectivity index (χ4n) is 4.11. The Morgan fingerprint density at radius 1 is 0.697 bits per heavy atom. The van der Waals surface area contributed by atoms with Crippen molar-refractivity contribution in [3.8, 4) is 0 Å². The van der Waals surface area contributed by atoms with Crippen LogP contribution < -0.4 is 10.6 Å². The van der Waals surface area contributed by atoms with Crippen LogP contribution in [-0.2, 0) is 9.30 Å². The van der Waals surface area contributed by atoms with E-state index < -0.39 is 13.2 Å². The van der Waals surface area contributed by atoms with Crippen molar-refractivity contribution in [2.24, 2.45) is 5.92 Å². The highest BCUT2D eigenvalue weighted by Crippen LogP contribution is 2.47. The molecule has 0 aliphatic rings. The first-order valence-electron chi connectivity index (χ1n) is 11.1. The molecule has 0 amide bonds. The van der Waals surface area contributed by atoms with E-state index in [4.69, 9.17) is 4.74 Å². The molecule has 0 saturated carbocycles. The van der Waals surface area contributed by atoms with Gasteiger partial charge in [0, 0.05) is 22.7 Å². The van der Waals surface area contributed by atoms with Crippen molar-refractivity contribution >= 4 is 23.7 Å². The van der Waals surface area contributed by atoms with E-state index in [-0.39, 0.29) is 11.9 Å². The molecule has 4 aromatic carbocycles. The summed E-state index contributed by atoms with van der Waals surface area (Å²) in [6, 6.07) is 37.9. The maximum atomic E-state index is 14.6. The summed E-state index contributed by atoms with van der Waals surface area (Å²) in [5.74, 6) is -0.572. The molecule has 0 bridgehead atoms. The van der Waals surface area contributed by atoms with Crippen LogP contribution in [-0.4, -0.2) is 12.1 Å². The molecule has 166 valence electrons. The van der Waals surface area contributed by atoms with E-state index in [0.717, 1.165) is 16.2 Å². The average Bonchev–Trinajstić information content (AvgIpc) is 2.89. The number of hydrogen-bond donors (Lipinski definition) is 0. The number of esters is 1. The van der Waals surface area contributed by atoms with Crippen molar-refractivity contribution in [1.29, 1.82) is 0 Å². The zero-order chi connectivity index (χ0) is 23.1. The predicted molar refractivity (Wildman–Crippen MR) is 135 cm³/mol. The molecule has 0 heterocycles. The second-order valence-electron chi connectivity index (χ2n) is 8.17. The van der Waals surface area contributed by atoms with Crippen molar-refractivity contribution in [1.82, 2.24) is 0 Å². The van der Waals surface area contributed by atoms with Crippen molar-refractivity contribution in [3.05, 3.63) is 132 Å². The molecule has 0 spiro atoms. The van der Waals surface area contributed by atoms with Gasteiger partial charge in [0.1, 0.15) is 13.2 Å². The van der Waals surface area contributed by atoms with Gasteiger partial charge in [-0.25, -0.2) is 4.79 Å². The molecule has 0 unspecified atom stereocenters. The molecule has 3 nitrogen and oxygen atoms in total. The predicted octanol–water partition coefficient (Wildman–Crippen LogP) is 6.23. The second kappa shape index (κ2) is 10.5. The minimum Gasteiger partial charge on any atom is -0.454 e. The Labute approximate surface area is 195 Å². The van der Waals surface area contributed by atoms with Crippen LogP contribution in [0.4, 0.5) is 0 Å². The first-order chi connectivity index (χ1) is 16.1. The maximum Gasteiger partial charge on any atom is 0.338 e. The Bertz CT molecular complexity index is 1170. The third-order valence-corrected chi connectivity index (χ3v) is 9.13. The summed E-state index contributed by atoms with van der Waals surface area (Å²) in [5, 5.41) is 1.62. The number of benzene rings is 4. The Kier molecular flexibility index (Phi) is 7.22. The molecule has 0 N–H and O–H groups in total. The van der Waals surface area contributed by atoms with Gasteiger partial charge < -0.3 is 9.30 Å². The summed E-state index contributed by atoms with van der Waals surface area (Å²) >= 11 is 0. The normalized spacial score (nSPS) is 13.1. The fraction of sp³-hybridized carbons (Fsp3) is 0.138. The van der Waals surface area contributed by atoms with Gasteiger partial charge in [0.2, 0.25) is 0 Å². The van der Waals surface area contributed by atoms with Crippen LogP contribution in [0.25, 0.3) is 0 Å². The van der Waals surface area contributed by atoms with Crippen LogP contribution >= 0.6 is 7.14 Å². The number of ether oxygens (including phenoxy) is 1. The van der Waals surface area contributed by atoms with Crippen LogP contribution in [0.5, 0.6) is 0 Å². The molecule has 4 rings (SSSR count). The van der Waals surface area contributed by atoms with Crippen molar-refractivity contribution < 1.29 is 14.1 Å². The molecule has 33 heavy (non-hydrogen) atoms. The van der Waals surface area contributed by atoms with Gasteiger partial charge in [-0.3, -0.25) is 0 Å². The van der Waals surface area contributed by atoms with E-state index in [1.807, 2.05) is 116 Å². The summed E-state index contributed by atoms with van der Waals surface area (Å²) in [5.41, 5.74) is 1.39. The molecule has 0 aromatic heterocycles. The Balaban J connectivity index is 1.69. The Morgan fingerprint density at radius 2 is 1.12 bits per heavy atom. The van der Waals surface area contributed by atoms with Crippen molar-refractivity contribution in [3.63, 3.8) is 0 Å². The topological polar surface area (TPSA) is 43.4 Å². The van der Waals surface area contributed by atoms with Gasteiger partial charge >= 0.3 is 5.97 Å². The summed E-state index contributed by atoms with van der Waals surface area (Å²) in [4.78, 5) is 12.9. The minimum atomic E-state index is -2.96. The van der Waals surface area contributed by atoms with Crippen LogP contribution in [0.15, 0.2) is 121 Å². The van der Waals surface area contributed by atoms with Gasteiger partial charge in [-0.2, -0.15) is 0 Å². The summed E-state index contributed by atoms with van der Waals surface area (Å²) in [7, 11) is -2.96. The molecule has 4 aromatic rings. The lowest BCUT2D eigenvalue weighted by molar-refractivity contribution is 0.0180. The van der Waals surface area contributed by atoms with Crippen LogP contribution in [0.1, 0.15) is 28.9 Å². The highest BCUT2D eigenvalue weighted by Gasteiger charge is 2.34. The lowest BCUT2D eigenvalue weighted by Gasteiger charge is -2.29. The first kappa shape index (κ1) is 22.8. The third kappa shape index (κ3) is 5.32. The lowest BCUT2D eigenvalue weighted by atomic mass is 9.98. The molecule has 0 aliphatic carbocycles. The molecular formula is C29H27O3P. The van der Waals surface area contributed by atoms with Gasteiger partial charge in [0.15, 0.2) is 0 Å². The van der Waals surface area contributed by atoms with Crippen molar-refractivity contribution in [2.75, 3.05) is 6.16 Å². The van der Waals surface area contributed by atoms with E-state index in [0.29, 0.717) is 11.7 Å². The number of carbonyl (C=O) groups is 1. The zero-order valence-electron chi connectivity index (χ0n) is 18.6. The molecule has 4 heteroatoms. The Morgan fingerprint density at radius 3 is 1.61 bits per heavy atom. The average molecular weight is 455 g/mol. The first-order valence-corrected chi connectivity index (χ1v) is 13.0. The SMILES string of the molecule is C[C@@H](CP(=O)(c1ccccc1)c1ccccc1)[C@H](OC(=O)c1ccccc1)c1ccccc1. The maximum absolute atomic E-state index is 14.6. The van der Waals surface area contributed by atoms with Crippen LogP contribution in [0.3, 0.4) is 0 Å². The number of hydrogen-bond acceptors (Lipinski definition) is 3. The largest absolute Gasteiger partial charge is 0.454 e. The van der Waals surface area contributed by atoms with Gasteiger partial charge in [0.05, 0.1) is 5.56 Å². The molecule has 0 aliphatic heterocycles. The van der Waals surface area contributed by atoms with E-state index in [1.54, 1.807) is 12.1 Å². The molecule has 0 fully saturated rings. The van der Waals surface area contributed by atoms with Gasteiger partial charge in [-0.1, -0.05) is 116 Å². The van der Waals surface area contributed by atoms with E-state index in [1.165, 1.54) is 0 Å². The lowest BCUT2D eigenvalue weighted by Crippen LogP contribution is -2.26. The molecule has 0 radical (unpaired) electrons. The van der Waals surface area contributed by atoms with E-state index in [2.05, 4.69) is 0 Å². The highest BCUT2D eigenvalue weighted by atomic mass is 31.2. The minimum absolute atomic E-state index is 0.189. The van der Waals surface area contributed by atoms with E-state index in [9.17, 15) is 9.36 Å². The molecular weight excluding hydrogens is 427 g/mol. The number of carbonyl (C=O) groups excluding carboxylic acids is 1. The monoisotopic (exact) mass is 454 g/mol. The Hall–Kier alpha value is -3.42. The van der Waals surface area contributed by atoms with Gasteiger partial charge in [-0.05, 0) is 17.7 Å². The van der Waals surface area contributed by atoms with Crippen LogP contribution in [0.2, 0.25) is 0 Å². The second-order valence-corrected chi connectivity index (χ2v) is 11.1. The van der Waals surface area contributed by atoms with E-state index >= 15 is 0 Å². The summed E-state index contributed by atoms with van der Waals surface area (Å²) < 4.78 is 20.6. The smallest absolute Gasteiger partial charge is 0.338 e. The summed E-state index contributed by atoms with van der Waals surface area (Å²) in [6.45, 7) is 2.01. The van der Waals surface area contributed by atoms with Gasteiger partial charge in [0.25, 0.3) is 0 Å². The standard InChI is InChI=1S/C29H27O3P/c1-23(22-33(31,26-18-10-4-11-19-26)27-20-12-5-13-21-27)28(24-14-6-2-7-15-24)32-29(30)25-16-8-3-9-17-25/h2-21,23,28H,22H2,1H3/t23-,28-/m0/s1. The number of rotatable bonds is 8. The van der Waals surface area contributed by atoms with Gasteiger partial charge in [-0.15, -0.1) is 0 Å². The molecule has 2 atom stereocenters. The van der Waals surface area contributed by atoms with Crippen molar-refractivity contribution in [2.45, 2.75) is 13.0 Å². The van der Waals surface area contributed by atoms with Crippen LogP contribution in [0, 0.1) is 5.92 Å². The zero-order valence-corrected chi connectivity index (χ0v) is 19.5.